The molecule has 2 heterocycles. The van der Waals surface area contributed by atoms with Gasteiger partial charge < -0.3 is 5.11 Å². The Morgan fingerprint density at radius 2 is 1.84 bits per heavy atom. The van der Waals surface area contributed by atoms with Gasteiger partial charge in [0.25, 0.3) is 0 Å². The van der Waals surface area contributed by atoms with Crippen molar-refractivity contribution in [3.63, 3.8) is 0 Å². The van der Waals surface area contributed by atoms with Crippen molar-refractivity contribution < 1.29 is 5.11 Å². The molecule has 0 spiro atoms. The van der Waals surface area contributed by atoms with Crippen molar-refractivity contribution in [1.29, 1.82) is 0 Å². The summed E-state index contributed by atoms with van der Waals surface area (Å²) in [5.74, 6) is 0. The van der Waals surface area contributed by atoms with Crippen molar-refractivity contribution in [2.75, 3.05) is 0 Å². The van der Waals surface area contributed by atoms with Crippen LogP contribution in [0.25, 0.3) is 0 Å². The number of hydrogen-bond acceptors (Lipinski definition) is 3. The lowest BCUT2D eigenvalue weighted by molar-refractivity contribution is 0.228. The second-order valence-electron chi connectivity index (χ2n) is 4.83. The van der Waals surface area contributed by atoms with E-state index in [4.69, 9.17) is 11.6 Å². The topological polar surface area (TPSA) is 20.2 Å². The third-order valence-electron chi connectivity index (χ3n) is 3.47. The van der Waals surface area contributed by atoms with E-state index >= 15 is 0 Å². The van der Waals surface area contributed by atoms with E-state index in [1.54, 1.807) is 11.3 Å². The van der Waals surface area contributed by atoms with Crippen LogP contribution < -0.4 is 0 Å². The van der Waals surface area contributed by atoms with Crippen LogP contribution in [0, 0.1) is 0 Å². The van der Waals surface area contributed by atoms with E-state index in [9.17, 15) is 5.11 Å². The molecule has 0 amide bonds. The third kappa shape index (κ3) is 2.93. The first-order valence-electron chi connectivity index (χ1n) is 6.39. The van der Waals surface area contributed by atoms with E-state index in [0.717, 1.165) is 20.0 Å². The molecule has 3 rings (SSSR count). The smallest absolute Gasteiger partial charge is 0.122 e. The average Bonchev–Trinajstić information content (AvgIpc) is 2.87. The van der Waals surface area contributed by atoms with Crippen molar-refractivity contribution in [3.05, 3.63) is 41.1 Å². The summed E-state index contributed by atoms with van der Waals surface area (Å²) >= 11 is 12.7. The molecule has 0 radical (unpaired) electrons. The number of halogens is 2. The molecule has 1 nitrogen and oxygen atoms in total. The minimum Gasteiger partial charge on any atom is -0.382 e. The van der Waals surface area contributed by atoms with Crippen molar-refractivity contribution in [2.24, 2.45) is 0 Å². The number of fused-ring (bicyclic) bond motifs is 1. The molecule has 19 heavy (non-hydrogen) atoms. The maximum Gasteiger partial charge on any atom is 0.122 e. The molecular formula is C14H14BrClOS2. The Morgan fingerprint density at radius 1 is 1.11 bits per heavy atom. The predicted molar refractivity (Wildman–Crippen MR) is 86.7 cm³/mol. The number of aliphatic hydroxyl groups excluding tert-OH is 1. The summed E-state index contributed by atoms with van der Waals surface area (Å²) in [5, 5.41) is 11.2. The molecule has 5 heteroatoms. The SMILES string of the molecule is OC(c1cc(Cl)c(Br)s1)c1cc2c(s1)CCCCC2. The molecule has 1 N–H and O–H groups in total. The number of hydrogen-bond donors (Lipinski definition) is 1. The van der Waals surface area contributed by atoms with Crippen LogP contribution in [0.2, 0.25) is 5.02 Å². The first-order valence-corrected chi connectivity index (χ1v) is 9.20. The lowest BCUT2D eigenvalue weighted by Gasteiger charge is -2.05. The molecule has 2 aromatic heterocycles. The van der Waals surface area contributed by atoms with Crippen LogP contribution >= 0.6 is 50.2 Å². The Bertz CT molecular complexity index is 547. The van der Waals surface area contributed by atoms with Crippen molar-refractivity contribution in [2.45, 2.75) is 38.2 Å². The van der Waals surface area contributed by atoms with Gasteiger partial charge in [-0.05, 0) is 59.3 Å². The molecule has 1 atom stereocenters. The van der Waals surface area contributed by atoms with Crippen LogP contribution in [0.5, 0.6) is 0 Å². The van der Waals surface area contributed by atoms with Crippen LogP contribution in [-0.2, 0) is 12.8 Å². The Hall–Kier alpha value is 0.130. The van der Waals surface area contributed by atoms with Gasteiger partial charge in [0.15, 0.2) is 0 Å². The summed E-state index contributed by atoms with van der Waals surface area (Å²) in [5.41, 5.74) is 1.44. The molecule has 2 aromatic rings. The molecular weight excluding hydrogens is 364 g/mol. The van der Waals surface area contributed by atoms with Gasteiger partial charge in [-0.3, -0.25) is 0 Å². The quantitative estimate of drug-likeness (QED) is 0.678. The predicted octanol–water partition coefficient (Wildman–Crippen LogP) is 5.58. The van der Waals surface area contributed by atoms with Gasteiger partial charge >= 0.3 is 0 Å². The zero-order valence-corrected chi connectivity index (χ0v) is 14.3. The molecule has 1 unspecified atom stereocenters. The highest BCUT2D eigenvalue weighted by Gasteiger charge is 2.20. The van der Waals surface area contributed by atoms with Gasteiger partial charge in [-0.15, -0.1) is 22.7 Å². The summed E-state index contributed by atoms with van der Waals surface area (Å²) in [4.78, 5) is 3.43. The first kappa shape index (κ1) is 14.1. The highest BCUT2D eigenvalue weighted by Crippen LogP contribution is 2.40. The number of thiophene rings is 2. The third-order valence-corrected chi connectivity index (χ3v) is 7.29. The molecule has 0 aliphatic heterocycles. The standard InChI is InChI=1S/C14H14BrClOS2/c15-14-9(16)7-12(19-14)13(17)11-6-8-4-2-1-3-5-10(8)18-11/h6-7,13,17H,1-5H2. The van der Waals surface area contributed by atoms with Crippen molar-refractivity contribution in [1.82, 2.24) is 0 Å². The minimum absolute atomic E-state index is 0.536. The van der Waals surface area contributed by atoms with Gasteiger partial charge in [0.1, 0.15) is 6.10 Å². The van der Waals surface area contributed by atoms with Gasteiger partial charge in [-0.2, -0.15) is 0 Å². The van der Waals surface area contributed by atoms with E-state index in [0.29, 0.717) is 5.02 Å². The maximum absolute atomic E-state index is 10.5. The second-order valence-corrected chi connectivity index (χ2v) is 8.81. The van der Waals surface area contributed by atoms with E-state index in [-0.39, 0.29) is 0 Å². The molecule has 102 valence electrons. The fourth-order valence-electron chi connectivity index (χ4n) is 2.46. The Morgan fingerprint density at radius 3 is 2.58 bits per heavy atom. The Balaban J connectivity index is 1.89. The van der Waals surface area contributed by atoms with E-state index < -0.39 is 6.10 Å². The first-order chi connectivity index (χ1) is 9.15. The van der Waals surface area contributed by atoms with Gasteiger partial charge in [-0.25, -0.2) is 0 Å². The van der Waals surface area contributed by atoms with Crippen LogP contribution in [0.1, 0.15) is 45.6 Å². The second kappa shape index (κ2) is 5.86. The lowest BCUT2D eigenvalue weighted by Crippen LogP contribution is -1.93. The van der Waals surface area contributed by atoms with E-state index in [1.807, 2.05) is 6.07 Å². The van der Waals surface area contributed by atoms with Gasteiger partial charge in [0.05, 0.1) is 8.81 Å². The van der Waals surface area contributed by atoms with Gasteiger partial charge in [0.2, 0.25) is 0 Å². The van der Waals surface area contributed by atoms with Gasteiger partial charge in [-0.1, -0.05) is 18.0 Å². The van der Waals surface area contributed by atoms with Crippen LogP contribution in [-0.4, -0.2) is 5.11 Å². The zero-order chi connectivity index (χ0) is 13.4. The highest BCUT2D eigenvalue weighted by atomic mass is 79.9. The van der Waals surface area contributed by atoms with E-state index in [2.05, 4.69) is 22.0 Å². The zero-order valence-electron chi connectivity index (χ0n) is 10.3. The number of rotatable bonds is 2. The monoisotopic (exact) mass is 376 g/mol. The van der Waals surface area contributed by atoms with E-state index in [1.165, 1.54) is 47.5 Å². The molecule has 0 aromatic carbocycles. The Labute approximate surface area is 134 Å². The normalized spacial score (nSPS) is 17.0. The summed E-state index contributed by atoms with van der Waals surface area (Å²) in [6.45, 7) is 0. The highest BCUT2D eigenvalue weighted by molar-refractivity contribution is 9.11. The average molecular weight is 378 g/mol. The molecule has 0 bridgehead atoms. The number of aryl methyl sites for hydroxylation is 2. The van der Waals surface area contributed by atoms with Gasteiger partial charge in [0, 0.05) is 14.6 Å². The van der Waals surface area contributed by atoms with Crippen LogP contribution in [0.15, 0.2) is 15.9 Å². The molecule has 1 aliphatic rings. The number of aliphatic hydroxyl groups is 1. The fourth-order valence-corrected chi connectivity index (χ4v) is 5.55. The minimum atomic E-state index is -0.536. The molecule has 0 saturated carbocycles. The summed E-state index contributed by atoms with van der Waals surface area (Å²) in [6.07, 6.45) is 5.67. The summed E-state index contributed by atoms with van der Waals surface area (Å²) in [6, 6.07) is 4.05. The summed E-state index contributed by atoms with van der Waals surface area (Å²) in [7, 11) is 0. The molecule has 0 saturated heterocycles. The molecule has 0 fully saturated rings. The Kier molecular flexibility index (Phi) is 4.34. The lowest BCUT2D eigenvalue weighted by atomic mass is 10.1. The van der Waals surface area contributed by atoms with Crippen molar-refractivity contribution >= 4 is 50.2 Å². The van der Waals surface area contributed by atoms with Crippen LogP contribution in [0.3, 0.4) is 0 Å². The maximum atomic E-state index is 10.5. The van der Waals surface area contributed by atoms with Crippen LogP contribution in [0.4, 0.5) is 0 Å². The largest absolute Gasteiger partial charge is 0.382 e. The molecule has 1 aliphatic carbocycles. The summed E-state index contributed by atoms with van der Waals surface area (Å²) < 4.78 is 0.890. The van der Waals surface area contributed by atoms with Crippen molar-refractivity contribution in [3.8, 4) is 0 Å². The fraction of sp³-hybridized carbons (Fsp3) is 0.429.